The van der Waals surface area contributed by atoms with Crippen LogP contribution in [-0.4, -0.2) is 11.9 Å². The summed E-state index contributed by atoms with van der Waals surface area (Å²) < 4.78 is 6.59. The predicted octanol–water partition coefficient (Wildman–Crippen LogP) is 3.21. The van der Waals surface area contributed by atoms with E-state index in [0.717, 1.165) is 13.2 Å². The van der Waals surface area contributed by atoms with Gasteiger partial charge in [0.15, 0.2) is 0 Å². The molecule has 8 heteroatoms. The van der Waals surface area contributed by atoms with Gasteiger partial charge in [-0.3, -0.25) is 9.93 Å². The molecule has 1 heterocycles. The smallest absolute Gasteiger partial charge is 0.269 e. The molecule has 0 saturated heterocycles. The Labute approximate surface area is 130 Å². The van der Waals surface area contributed by atoms with Gasteiger partial charge in [0.05, 0.1) is 10.5 Å². The lowest BCUT2D eigenvalue weighted by molar-refractivity contribution is -0.119. The molecule has 1 rings (SSSR count). The summed E-state index contributed by atoms with van der Waals surface area (Å²) in [6.07, 6.45) is 0.620. The quantitative estimate of drug-likeness (QED) is 0.790. The lowest BCUT2D eigenvalue weighted by Gasteiger charge is -2.10. The molecule has 4 nitrogen and oxygen atoms in total. The van der Waals surface area contributed by atoms with Crippen molar-refractivity contribution >= 4 is 60.0 Å². The molecule has 1 aromatic rings. The number of halogens is 2. The number of amides is 1. The van der Waals surface area contributed by atoms with Gasteiger partial charge in [0, 0.05) is 20.7 Å². The molecule has 18 heavy (non-hydrogen) atoms. The molecule has 0 spiro atoms. The van der Waals surface area contributed by atoms with Gasteiger partial charge >= 0.3 is 0 Å². The van der Waals surface area contributed by atoms with Crippen molar-refractivity contribution in [1.29, 1.82) is 0 Å². The van der Waals surface area contributed by atoms with Gasteiger partial charge in [-0.25, -0.2) is 0 Å². The van der Waals surface area contributed by atoms with Gasteiger partial charge in [0.25, 0.3) is 5.91 Å². The number of carbonyl (C=O) groups excluding carboxylic acids is 1. The van der Waals surface area contributed by atoms with Gasteiger partial charge in [-0.2, -0.15) is 4.36 Å². The van der Waals surface area contributed by atoms with Gasteiger partial charge in [-0.1, -0.05) is 13.8 Å². The third kappa shape index (κ3) is 4.50. The number of thiophene rings is 1. The van der Waals surface area contributed by atoms with Crippen LogP contribution in [0.4, 0.5) is 0 Å². The molecule has 2 atom stereocenters. The van der Waals surface area contributed by atoms with E-state index in [2.05, 4.69) is 36.2 Å². The van der Waals surface area contributed by atoms with Crippen LogP contribution < -0.4 is 10.9 Å². The summed E-state index contributed by atoms with van der Waals surface area (Å²) in [5.41, 5.74) is 5.78. The molecule has 0 saturated carbocycles. The summed E-state index contributed by atoms with van der Waals surface area (Å²) in [6, 6.07) is -0.564. The fourth-order valence-electron chi connectivity index (χ4n) is 1.26. The van der Waals surface area contributed by atoms with E-state index in [0.29, 0.717) is 12.3 Å². The third-order valence-electron chi connectivity index (χ3n) is 2.08. The minimum atomic E-state index is -0.953. The van der Waals surface area contributed by atoms with Crippen LogP contribution in [0, 0.1) is 5.92 Å². The first-order chi connectivity index (χ1) is 8.32. The Morgan fingerprint density at radius 1 is 1.56 bits per heavy atom. The highest BCUT2D eigenvalue weighted by Crippen LogP contribution is 2.34. The van der Waals surface area contributed by atoms with E-state index in [1.807, 2.05) is 19.2 Å². The minimum Gasteiger partial charge on any atom is -0.320 e. The summed E-state index contributed by atoms with van der Waals surface area (Å²) in [6.45, 7) is 4.03. The van der Waals surface area contributed by atoms with Crippen LogP contribution in [0.5, 0.6) is 0 Å². The minimum absolute atomic E-state index is 0.328. The van der Waals surface area contributed by atoms with Gasteiger partial charge < -0.3 is 5.73 Å². The molecule has 4 N–H and O–H groups in total. The highest BCUT2D eigenvalue weighted by Gasteiger charge is 2.16. The fraction of sp³-hybridized carbons (Fsp3) is 0.500. The normalized spacial score (nSPS) is 15.1. The number of nitrogens with zero attached hydrogens (tertiary/aromatic N) is 1. The topological polar surface area (TPSA) is 81.5 Å². The zero-order valence-electron chi connectivity index (χ0n) is 10.0. The van der Waals surface area contributed by atoms with Gasteiger partial charge in [-0.15, -0.1) is 11.3 Å². The molecular formula is C10H15Br2N3OS2. The van der Waals surface area contributed by atoms with Crippen LogP contribution in [0.25, 0.3) is 0 Å². The lowest BCUT2D eigenvalue weighted by Crippen LogP contribution is -2.31. The van der Waals surface area contributed by atoms with E-state index < -0.39 is 16.9 Å². The van der Waals surface area contributed by atoms with E-state index in [1.54, 1.807) is 0 Å². The molecule has 1 amide bonds. The van der Waals surface area contributed by atoms with Crippen molar-refractivity contribution in [3.63, 3.8) is 0 Å². The monoisotopic (exact) mass is 415 g/mol. The van der Waals surface area contributed by atoms with E-state index in [9.17, 15) is 4.79 Å². The largest absolute Gasteiger partial charge is 0.320 e. The number of carbonyl (C=O) groups is 1. The van der Waals surface area contributed by atoms with Crippen LogP contribution in [-0.2, 0) is 15.7 Å². The van der Waals surface area contributed by atoms with E-state index in [1.165, 1.54) is 11.3 Å². The van der Waals surface area contributed by atoms with Gasteiger partial charge in [0.2, 0.25) is 0 Å². The first-order valence-corrected chi connectivity index (χ1v) is 8.96. The molecular weight excluding hydrogens is 402 g/mol. The molecule has 0 bridgehead atoms. The second-order valence-corrected chi connectivity index (χ2v) is 8.17. The summed E-state index contributed by atoms with van der Waals surface area (Å²) in [5.74, 6) is 0.0345. The maximum absolute atomic E-state index is 11.8. The number of hydrogen-bond donors (Lipinski definition) is 2. The van der Waals surface area contributed by atoms with Crippen molar-refractivity contribution in [2.45, 2.75) is 30.5 Å². The molecule has 0 radical (unpaired) electrons. The highest BCUT2D eigenvalue weighted by atomic mass is 79.9. The molecule has 1 unspecified atom stereocenters. The highest BCUT2D eigenvalue weighted by molar-refractivity contribution is 9.13. The first kappa shape index (κ1) is 16.5. The Morgan fingerprint density at radius 2 is 2.17 bits per heavy atom. The van der Waals surface area contributed by atoms with Gasteiger partial charge in [-0.05, 0) is 44.2 Å². The van der Waals surface area contributed by atoms with Crippen molar-refractivity contribution in [2.75, 3.05) is 0 Å². The maximum atomic E-state index is 11.8. The number of rotatable bonds is 4. The Hall–Kier alpha value is 0.400. The van der Waals surface area contributed by atoms with Gasteiger partial charge in [0.1, 0.15) is 4.21 Å². The fourth-order valence-corrected chi connectivity index (χ4v) is 4.95. The van der Waals surface area contributed by atoms with Crippen LogP contribution in [0.15, 0.2) is 22.9 Å². The van der Waals surface area contributed by atoms with E-state index in [-0.39, 0.29) is 5.91 Å². The average Bonchev–Trinajstić information content (AvgIpc) is 2.58. The lowest BCUT2D eigenvalue weighted by atomic mass is 10.0. The molecule has 0 aliphatic rings. The number of nitrogens with two attached hydrogens (primary N) is 2. The Balaban J connectivity index is 2.83. The third-order valence-corrected chi connectivity index (χ3v) is 7.42. The Morgan fingerprint density at radius 3 is 2.61 bits per heavy atom. The van der Waals surface area contributed by atoms with Crippen molar-refractivity contribution in [3.8, 4) is 0 Å². The molecule has 1 aromatic heterocycles. The summed E-state index contributed by atoms with van der Waals surface area (Å²) >= 11 is 8.24. The van der Waals surface area contributed by atoms with Crippen LogP contribution in [0.2, 0.25) is 0 Å². The Bertz CT molecular complexity index is 474. The summed E-state index contributed by atoms with van der Waals surface area (Å²) in [5, 5.41) is 7.83. The van der Waals surface area contributed by atoms with Crippen molar-refractivity contribution in [1.82, 2.24) is 0 Å². The summed E-state index contributed by atoms with van der Waals surface area (Å²) in [4.78, 5) is 11.8. The SMILES string of the molecule is CC(C)C[C@H](N)C(=O)/N=S(\N)c1scc(Br)c1Br. The standard InChI is InChI=1S/C10H15Br2N3OS2/c1-5(2)3-7(13)9(16)15-18(14)10-8(12)6(11)4-17-10/h4-5,7H,3,13H2,1-2H3,(H2,14,15,16)/t7-,18?/m0/s1. The van der Waals surface area contributed by atoms with Crippen molar-refractivity contribution < 1.29 is 4.79 Å². The zero-order chi connectivity index (χ0) is 13.9. The van der Waals surface area contributed by atoms with Crippen LogP contribution in [0.3, 0.4) is 0 Å². The second kappa shape index (κ2) is 7.25. The summed E-state index contributed by atoms with van der Waals surface area (Å²) in [7, 11) is -0.953. The number of hydrogen-bond acceptors (Lipinski definition) is 3. The van der Waals surface area contributed by atoms with Crippen molar-refractivity contribution in [2.24, 2.45) is 21.2 Å². The molecule has 0 aromatic carbocycles. The first-order valence-electron chi connectivity index (χ1n) is 5.25. The molecule has 0 fully saturated rings. The maximum Gasteiger partial charge on any atom is 0.269 e. The molecule has 0 aliphatic carbocycles. The Kier molecular flexibility index (Phi) is 6.63. The molecule has 0 aliphatic heterocycles. The zero-order valence-corrected chi connectivity index (χ0v) is 14.8. The van der Waals surface area contributed by atoms with Crippen molar-refractivity contribution in [3.05, 3.63) is 14.3 Å². The average molecular weight is 417 g/mol. The predicted molar refractivity (Wildman–Crippen MR) is 84.4 cm³/mol. The van der Waals surface area contributed by atoms with Crippen LogP contribution in [0.1, 0.15) is 20.3 Å². The van der Waals surface area contributed by atoms with Crippen LogP contribution >= 0.6 is 43.2 Å². The van der Waals surface area contributed by atoms with E-state index >= 15 is 0 Å². The van der Waals surface area contributed by atoms with E-state index in [4.69, 9.17) is 10.9 Å². The molecule has 102 valence electrons. The second-order valence-electron chi connectivity index (χ2n) is 4.17.